The number of likely N-dealkylation sites (tertiary alicyclic amines) is 1. The Hall–Kier alpha value is -1.47. The summed E-state index contributed by atoms with van der Waals surface area (Å²) >= 11 is 1.46. The third kappa shape index (κ3) is 2.76. The van der Waals surface area contributed by atoms with Crippen LogP contribution in [0.1, 0.15) is 23.2 Å². The molecule has 1 aliphatic heterocycles. The minimum atomic E-state index is -0.955. The van der Waals surface area contributed by atoms with Crippen molar-refractivity contribution >= 4 is 23.2 Å². The van der Waals surface area contributed by atoms with Crippen molar-refractivity contribution < 1.29 is 19.4 Å². The number of aryl methyl sites for hydroxylation is 1. The largest absolute Gasteiger partial charge is 0.481 e. The first-order chi connectivity index (χ1) is 9.04. The number of ether oxygens (including phenoxy) is 1. The molecule has 104 valence electrons. The zero-order valence-corrected chi connectivity index (χ0v) is 11.6. The number of methoxy groups -OCH3 is 1. The lowest BCUT2D eigenvalue weighted by atomic mass is 9.98. The predicted molar refractivity (Wildman–Crippen MR) is 68.9 cm³/mol. The summed E-state index contributed by atoms with van der Waals surface area (Å²) in [5, 5.41) is 12.0. The molecule has 1 aromatic heterocycles. The van der Waals surface area contributed by atoms with Crippen LogP contribution in [0.4, 0.5) is 0 Å². The third-order valence-corrected chi connectivity index (χ3v) is 4.02. The van der Waals surface area contributed by atoms with Crippen molar-refractivity contribution in [2.75, 3.05) is 20.3 Å². The maximum absolute atomic E-state index is 12.0. The van der Waals surface area contributed by atoms with Crippen LogP contribution in [0.2, 0.25) is 0 Å². The van der Waals surface area contributed by atoms with Crippen molar-refractivity contribution in [2.24, 2.45) is 5.92 Å². The number of aliphatic carboxylic acids is 1. The normalized spacial score (nSPS) is 23.1. The van der Waals surface area contributed by atoms with Gasteiger partial charge in [0.1, 0.15) is 0 Å². The number of carboxylic acids is 1. The molecular formula is C12H16N2O4S. The van der Waals surface area contributed by atoms with Crippen LogP contribution in [0.5, 0.6) is 0 Å². The average Bonchev–Trinajstić information content (AvgIpc) is 2.90. The zero-order chi connectivity index (χ0) is 14.0. The molecule has 0 aromatic carbocycles. The van der Waals surface area contributed by atoms with E-state index in [0.29, 0.717) is 18.8 Å². The molecule has 7 heteroatoms. The molecule has 1 saturated heterocycles. The Balaban J connectivity index is 2.30. The average molecular weight is 284 g/mol. The standard InChI is InChI=1S/C12H16N2O4S/c1-7-13-9(6-19-7)11-8(12(16)17)5-10(15)14(11)3-4-18-2/h6,8,11H,3-5H2,1-2H3,(H,16,17). The first kappa shape index (κ1) is 14.0. The number of hydrogen-bond acceptors (Lipinski definition) is 5. The number of amides is 1. The van der Waals surface area contributed by atoms with Gasteiger partial charge in [0.25, 0.3) is 0 Å². The van der Waals surface area contributed by atoms with E-state index in [2.05, 4.69) is 4.98 Å². The molecule has 1 aliphatic rings. The summed E-state index contributed by atoms with van der Waals surface area (Å²) in [6.45, 7) is 2.64. The van der Waals surface area contributed by atoms with Crippen molar-refractivity contribution in [1.29, 1.82) is 0 Å². The third-order valence-electron chi connectivity index (χ3n) is 3.23. The van der Waals surface area contributed by atoms with Gasteiger partial charge < -0.3 is 14.7 Å². The molecule has 2 rings (SSSR count). The maximum Gasteiger partial charge on any atom is 0.309 e. The molecule has 0 aliphatic carbocycles. The minimum Gasteiger partial charge on any atom is -0.481 e. The smallest absolute Gasteiger partial charge is 0.309 e. The van der Waals surface area contributed by atoms with Gasteiger partial charge in [-0.3, -0.25) is 9.59 Å². The quantitative estimate of drug-likeness (QED) is 0.875. The van der Waals surface area contributed by atoms with Gasteiger partial charge in [-0.05, 0) is 6.92 Å². The Morgan fingerprint density at radius 2 is 2.42 bits per heavy atom. The predicted octanol–water partition coefficient (Wildman–Crippen LogP) is 1.07. The second kappa shape index (κ2) is 5.66. The van der Waals surface area contributed by atoms with Crippen LogP contribution in [0.25, 0.3) is 0 Å². The Bertz CT molecular complexity index is 488. The number of hydrogen-bond donors (Lipinski definition) is 1. The van der Waals surface area contributed by atoms with E-state index in [4.69, 9.17) is 4.74 Å². The van der Waals surface area contributed by atoms with E-state index < -0.39 is 17.9 Å². The molecule has 0 saturated carbocycles. The van der Waals surface area contributed by atoms with Gasteiger partial charge in [-0.1, -0.05) is 0 Å². The van der Waals surface area contributed by atoms with E-state index in [1.54, 1.807) is 12.0 Å². The van der Waals surface area contributed by atoms with Crippen molar-refractivity contribution in [3.05, 3.63) is 16.1 Å². The number of carbonyl (C=O) groups excluding carboxylic acids is 1. The molecule has 2 heterocycles. The van der Waals surface area contributed by atoms with Crippen LogP contribution in [-0.2, 0) is 14.3 Å². The Morgan fingerprint density at radius 1 is 1.68 bits per heavy atom. The van der Waals surface area contributed by atoms with E-state index in [1.165, 1.54) is 11.3 Å². The number of rotatable bonds is 5. The fourth-order valence-corrected chi connectivity index (χ4v) is 2.99. The van der Waals surface area contributed by atoms with E-state index in [1.807, 2.05) is 12.3 Å². The highest BCUT2D eigenvalue weighted by atomic mass is 32.1. The summed E-state index contributed by atoms with van der Waals surface area (Å²) in [5.41, 5.74) is 0.664. The SMILES string of the molecule is COCCN1C(=O)CC(C(=O)O)C1c1csc(C)n1. The van der Waals surface area contributed by atoms with Crippen LogP contribution in [-0.4, -0.2) is 47.1 Å². The van der Waals surface area contributed by atoms with Crippen LogP contribution in [0, 0.1) is 12.8 Å². The number of nitrogens with zero attached hydrogens (tertiary/aromatic N) is 2. The Labute approximate surface area is 115 Å². The molecule has 1 aromatic rings. The summed E-state index contributed by atoms with van der Waals surface area (Å²) in [6.07, 6.45) is 0.0281. The van der Waals surface area contributed by atoms with Crippen molar-refractivity contribution in [3.8, 4) is 0 Å². The van der Waals surface area contributed by atoms with E-state index in [9.17, 15) is 14.7 Å². The summed E-state index contributed by atoms with van der Waals surface area (Å²) in [4.78, 5) is 29.2. The second-order valence-electron chi connectivity index (χ2n) is 4.47. The van der Waals surface area contributed by atoms with Gasteiger partial charge in [-0.25, -0.2) is 4.98 Å². The van der Waals surface area contributed by atoms with Gasteiger partial charge in [-0.15, -0.1) is 11.3 Å². The van der Waals surface area contributed by atoms with Gasteiger partial charge in [0.15, 0.2) is 0 Å². The van der Waals surface area contributed by atoms with Crippen molar-refractivity contribution in [2.45, 2.75) is 19.4 Å². The molecular weight excluding hydrogens is 268 g/mol. The fourth-order valence-electron chi connectivity index (χ4n) is 2.35. The van der Waals surface area contributed by atoms with Gasteiger partial charge in [0, 0.05) is 25.5 Å². The number of aromatic nitrogens is 1. The lowest BCUT2D eigenvalue weighted by Gasteiger charge is -2.25. The molecule has 2 atom stereocenters. The van der Waals surface area contributed by atoms with Gasteiger partial charge in [-0.2, -0.15) is 0 Å². The van der Waals surface area contributed by atoms with Crippen molar-refractivity contribution in [1.82, 2.24) is 9.88 Å². The number of thiazole rings is 1. The number of carboxylic acid groups (broad SMARTS) is 1. The highest BCUT2D eigenvalue weighted by molar-refractivity contribution is 7.09. The minimum absolute atomic E-state index is 0.0281. The molecule has 2 unspecified atom stereocenters. The first-order valence-corrected chi connectivity index (χ1v) is 6.85. The van der Waals surface area contributed by atoms with E-state index >= 15 is 0 Å². The highest BCUT2D eigenvalue weighted by Gasteiger charge is 2.45. The van der Waals surface area contributed by atoms with Crippen LogP contribution < -0.4 is 0 Å². The van der Waals surface area contributed by atoms with Crippen LogP contribution in [0.15, 0.2) is 5.38 Å². The molecule has 19 heavy (non-hydrogen) atoms. The lowest BCUT2D eigenvalue weighted by Crippen LogP contribution is -2.33. The Kier molecular flexibility index (Phi) is 4.16. The van der Waals surface area contributed by atoms with Gasteiger partial charge in [0.2, 0.25) is 5.91 Å². The zero-order valence-electron chi connectivity index (χ0n) is 10.8. The monoisotopic (exact) mass is 284 g/mol. The maximum atomic E-state index is 12.0. The van der Waals surface area contributed by atoms with Crippen LogP contribution >= 0.6 is 11.3 Å². The fraction of sp³-hybridized carbons (Fsp3) is 0.583. The highest BCUT2D eigenvalue weighted by Crippen LogP contribution is 2.38. The topological polar surface area (TPSA) is 79.7 Å². The second-order valence-corrected chi connectivity index (χ2v) is 5.53. The van der Waals surface area contributed by atoms with Crippen molar-refractivity contribution in [3.63, 3.8) is 0 Å². The number of carbonyl (C=O) groups is 2. The molecule has 1 amide bonds. The molecule has 1 fully saturated rings. The summed E-state index contributed by atoms with van der Waals surface area (Å²) in [5.74, 6) is -1.84. The summed E-state index contributed by atoms with van der Waals surface area (Å²) < 4.78 is 4.98. The van der Waals surface area contributed by atoms with Crippen LogP contribution in [0.3, 0.4) is 0 Å². The summed E-state index contributed by atoms with van der Waals surface area (Å²) in [6, 6.07) is -0.481. The van der Waals surface area contributed by atoms with Gasteiger partial charge in [0.05, 0.1) is 29.3 Å². The molecule has 0 bridgehead atoms. The van der Waals surface area contributed by atoms with E-state index in [0.717, 1.165) is 5.01 Å². The molecule has 6 nitrogen and oxygen atoms in total. The van der Waals surface area contributed by atoms with E-state index in [-0.39, 0.29) is 12.3 Å². The lowest BCUT2D eigenvalue weighted by molar-refractivity contribution is -0.142. The first-order valence-electron chi connectivity index (χ1n) is 5.98. The Morgan fingerprint density at radius 3 is 2.95 bits per heavy atom. The molecule has 0 radical (unpaired) electrons. The molecule has 0 spiro atoms. The van der Waals surface area contributed by atoms with Gasteiger partial charge >= 0.3 is 5.97 Å². The molecule has 1 N–H and O–H groups in total. The summed E-state index contributed by atoms with van der Waals surface area (Å²) in [7, 11) is 1.55.